The Morgan fingerprint density at radius 1 is 1.27 bits per heavy atom. The molecule has 0 saturated carbocycles. The number of nitrogens with zero attached hydrogens (tertiary/aromatic N) is 4. The summed E-state index contributed by atoms with van der Waals surface area (Å²) in [6, 6.07) is 8.81. The van der Waals surface area contributed by atoms with Gasteiger partial charge in [0.1, 0.15) is 0 Å². The van der Waals surface area contributed by atoms with Gasteiger partial charge in [-0.3, -0.25) is 9.78 Å². The third-order valence-corrected chi connectivity index (χ3v) is 4.53. The number of carbonyl (C=O) groups excluding carboxylic acids is 1. The fourth-order valence-electron chi connectivity index (χ4n) is 2.21. The van der Waals surface area contributed by atoms with Crippen molar-refractivity contribution in [2.24, 2.45) is 0 Å². The van der Waals surface area contributed by atoms with Gasteiger partial charge in [-0.15, -0.1) is 10.2 Å². The normalized spacial score (nSPS) is 12.9. The number of hydrogen-bond acceptors (Lipinski definition) is 6. The van der Waals surface area contributed by atoms with E-state index in [0.717, 1.165) is 17.1 Å². The molecule has 0 fully saturated rings. The molecule has 1 aromatic carbocycles. The van der Waals surface area contributed by atoms with Crippen LogP contribution in [-0.4, -0.2) is 31.0 Å². The maximum Gasteiger partial charge on any atom is 0.453 e. The first kappa shape index (κ1) is 18.0. The second kappa shape index (κ2) is 6.83. The highest BCUT2D eigenvalue weighted by Crippen LogP contribution is 2.30. The van der Waals surface area contributed by atoms with E-state index in [2.05, 4.69) is 20.5 Å². The number of anilines is 1. The van der Waals surface area contributed by atoms with Crippen molar-refractivity contribution < 1.29 is 18.0 Å². The van der Waals surface area contributed by atoms with Crippen molar-refractivity contribution >= 4 is 34.3 Å². The number of aromatic nitrogens is 4. The lowest BCUT2D eigenvalue weighted by Crippen LogP contribution is -2.25. The summed E-state index contributed by atoms with van der Waals surface area (Å²) < 4.78 is 38.4. The minimum atomic E-state index is -4.72. The van der Waals surface area contributed by atoms with Crippen LogP contribution < -0.4 is 11.2 Å². The molecule has 0 spiro atoms. The van der Waals surface area contributed by atoms with E-state index in [9.17, 15) is 18.0 Å². The maximum absolute atomic E-state index is 12.7. The molecule has 26 heavy (non-hydrogen) atoms. The van der Waals surface area contributed by atoms with Crippen LogP contribution in [0.15, 0.2) is 41.7 Å². The maximum atomic E-state index is 12.7. The highest BCUT2D eigenvalue weighted by Gasteiger charge is 2.38. The average molecular weight is 382 g/mol. The molecule has 3 rings (SSSR count). The molecule has 0 aliphatic rings. The van der Waals surface area contributed by atoms with Gasteiger partial charge in [-0.25, -0.2) is 4.68 Å². The molecular formula is C15H13F3N6OS. The van der Waals surface area contributed by atoms with Gasteiger partial charge in [0.05, 0.1) is 16.5 Å². The summed E-state index contributed by atoms with van der Waals surface area (Å²) in [5.41, 5.74) is 1.26. The zero-order valence-corrected chi connectivity index (χ0v) is 14.2. The van der Waals surface area contributed by atoms with Gasteiger partial charge in [-0.1, -0.05) is 17.8 Å². The molecule has 3 aromatic rings. The summed E-state index contributed by atoms with van der Waals surface area (Å²) in [5.74, 6) is 3.64. The van der Waals surface area contributed by atoms with E-state index < -0.39 is 23.2 Å². The second-order valence-corrected chi connectivity index (χ2v) is 6.61. The fourth-order valence-corrected chi connectivity index (χ4v) is 2.98. The van der Waals surface area contributed by atoms with E-state index >= 15 is 0 Å². The third kappa shape index (κ3) is 3.57. The van der Waals surface area contributed by atoms with E-state index in [1.807, 2.05) is 6.07 Å². The molecule has 0 aliphatic heterocycles. The van der Waals surface area contributed by atoms with Crippen LogP contribution in [0.5, 0.6) is 0 Å². The first-order valence-corrected chi connectivity index (χ1v) is 8.24. The number of thioether (sulfide) groups is 1. The lowest BCUT2D eigenvalue weighted by molar-refractivity contribution is -0.146. The van der Waals surface area contributed by atoms with Crippen LogP contribution in [0.2, 0.25) is 0 Å². The molecule has 2 heterocycles. The molecule has 7 nitrogen and oxygen atoms in total. The first-order valence-electron chi connectivity index (χ1n) is 7.36. The van der Waals surface area contributed by atoms with Gasteiger partial charge in [0.25, 0.3) is 5.82 Å². The van der Waals surface area contributed by atoms with Crippen LogP contribution in [0.3, 0.4) is 0 Å². The second-order valence-electron chi connectivity index (χ2n) is 5.30. The van der Waals surface area contributed by atoms with Crippen molar-refractivity contribution in [2.75, 3.05) is 11.2 Å². The Bertz CT molecular complexity index is 953. The quantitative estimate of drug-likeness (QED) is 0.532. The smallest absolute Gasteiger partial charge is 0.335 e. The van der Waals surface area contributed by atoms with Crippen molar-refractivity contribution in [1.82, 2.24) is 19.9 Å². The zero-order valence-electron chi connectivity index (χ0n) is 13.4. The lowest BCUT2D eigenvalue weighted by Gasteiger charge is -2.13. The fraction of sp³-hybridized carbons (Fsp3) is 0.200. The average Bonchev–Trinajstić information content (AvgIpc) is 2.96. The minimum Gasteiger partial charge on any atom is -0.335 e. The standard InChI is InChI=1S/C15H13F3N6OS/c1-8(26-14-23-22-13(24(14)19)15(16,17)18)12(25)21-11-6-2-5-10-9(11)4-3-7-20-10/h2-8H,19H2,1H3,(H,21,25). The topological polar surface area (TPSA) is 98.7 Å². The number of carbonyl (C=O) groups is 1. The Labute approximate surface area is 149 Å². The predicted octanol–water partition coefficient (Wildman–Crippen LogP) is 2.68. The number of hydrogen-bond donors (Lipinski definition) is 2. The van der Waals surface area contributed by atoms with Crippen molar-refractivity contribution in [3.8, 4) is 0 Å². The Morgan fingerprint density at radius 3 is 2.73 bits per heavy atom. The first-order chi connectivity index (χ1) is 12.3. The third-order valence-electron chi connectivity index (χ3n) is 3.47. The summed E-state index contributed by atoms with van der Waals surface area (Å²) in [7, 11) is 0. The molecule has 2 aromatic heterocycles. The number of nitrogens with two attached hydrogens (primary N) is 1. The van der Waals surface area contributed by atoms with Crippen LogP contribution in [0.4, 0.5) is 18.9 Å². The lowest BCUT2D eigenvalue weighted by atomic mass is 10.2. The number of nitrogens with one attached hydrogen (secondary N) is 1. The largest absolute Gasteiger partial charge is 0.453 e. The van der Waals surface area contributed by atoms with Gasteiger partial charge in [-0.2, -0.15) is 13.2 Å². The molecule has 11 heteroatoms. The van der Waals surface area contributed by atoms with Gasteiger partial charge in [0, 0.05) is 11.6 Å². The highest BCUT2D eigenvalue weighted by molar-refractivity contribution is 8.00. The molecule has 0 bridgehead atoms. The van der Waals surface area contributed by atoms with Gasteiger partial charge in [-0.05, 0) is 31.2 Å². The number of halogens is 3. The van der Waals surface area contributed by atoms with Gasteiger partial charge in [0.2, 0.25) is 11.1 Å². The van der Waals surface area contributed by atoms with E-state index in [1.54, 1.807) is 30.5 Å². The Balaban J connectivity index is 1.75. The number of benzene rings is 1. The summed E-state index contributed by atoms with van der Waals surface area (Å²) >= 11 is 0.777. The van der Waals surface area contributed by atoms with E-state index in [1.165, 1.54) is 6.92 Å². The molecule has 0 aliphatic carbocycles. The van der Waals surface area contributed by atoms with Gasteiger partial charge >= 0.3 is 6.18 Å². The molecule has 1 unspecified atom stereocenters. The van der Waals surface area contributed by atoms with Crippen molar-refractivity contribution in [3.63, 3.8) is 0 Å². The molecule has 136 valence electrons. The number of alkyl halides is 3. The summed E-state index contributed by atoms with van der Waals surface area (Å²) in [4.78, 5) is 16.6. The van der Waals surface area contributed by atoms with E-state index in [0.29, 0.717) is 15.9 Å². The van der Waals surface area contributed by atoms with Crippen molar-refractivity contribution in [3.05, 3.63) is 42.4 Å². The molecule has 1 amide bonds. The van der Waals surface area contributed by atoms with Crippen LogP contribution in [0.1, 0.15) is 12.7 Å². The summed E-state index contributed by atoms with van der Waals surface area (Å²) in [6.45, 7) is 1.53. The minimum absolute atomic E-state index is 0.209. The molecule has 3 N–H and O–H groups in total. The summed E-state index contributed by atoms with van der Waals surface area (Å²) in [5, 5.41) is 8.96. The van der Waals surface area contributed by atoms with Crippen LogP contribution in [0, 0.1) is 0 Å². The monoisotopic (exact) mass is 382 g/mol. The summed E-state index contributed by atoms with van der Waals surface area (Å²) in [6.07, 6.45) is -3.08. The van der Waals surface area contributed by atoms with Gasteiger partial charge < -0.3 is 11.2 Å². The highest BCUT2D eigenvalue weighted by atomic mass is 32.2. The molecule has 0 radical (unpaired) electrons. The van der Waals surface area contributed by atoms with E-state index in [4.69, 9.17) is 5.84 Å². The molecule has 1 atom stereocenters. The number of rotatable bonds is 4. The molecule has 0 saturated heterocycles. The Hall–Kier alpha value is -2.82. The predicted molar refractivity (Wildman–Crippen MR) is 90.9 cm³/mol. The number of pyridine rings is 1. The van der Waals surface area contributed by atoms with Crippen LogP contribution in [-0.2, 0) is 11.0 Å². The Kier molecular flexibility index (Phi) is 4.72. The number of nitrogen functional groups attached to an aromatic ring is 1. The molecular weight excluding hydrogens is 369 g/mol. The van der Waals surface area contributed by atoms with Crippen LogP contribution >= 0.6 is 11.8 Å². The number of fused-ring (bicyclic) bond motifs is 1. The van der Waals surface area contributed by atoms with Crippen molar-refractivity contribution in [2.45, 2.75) is 23.5 Å². The number of amides is 1. The van der Waals surface area contributed by atoms with Crippen molar-refractivity contribution in [1.29, 1.82) is 0 Å². The Morgan fingerprint density at radius 2 is 2.04 bits per heavy atom. The SMILES string of the molecule is CC(Sc1nnc(C(F)(F)F)n1N)C(=O)Nc1cccc2ncccc12. The zero-order chi connectivity index (χ0) is 18.9. The van der Waals surface area contributed by atoms with Crippen LogP contribution in [0.25, 0.3) is 10.9 Å². The van der Waals surface area contributed by atoms with E-state index in [-0.39, 0.29) is 5.16 Å². The van der Waals surface area contributed by atoms with Gasteiger partial charge in [0.15, 0.2) is 0 Å².